The lowest BCUT2D eigenvalue weighted by molar-refractivity contribution is 0.0697. The van der Waals surface area contributed by atoms with Crippen molar-refractivity contribution in [2.45, 2.75) is 25.7 Å². The fraction of sp³-hybridized carbons (Fsp3) is 0.571. The molecule has 4 nitrogen and oxygen atoms in total. The molecule has 0 aromatic carbocycles. The summed E-state index contributed by atoms with van der Waals surface area (Å²) in [4.78, 5) is 17.5. The number of hydrogen-bond donors (Lipinski definition) is 1. The Labute approximate surface area is 107 Å². The molecule has 2 aliphatic carbocycles. The molecule has 3 rings (SSSR count). The number of hydrogen-bond acceptors (Lipinski definition) is 3. The molecular weight excluding hydrogens is 228 g/mol. The molecule has 1 aromatic heterocycles. The zero-order valence-electron chi connectivity index (χ0n) is 10.4. The van der Waals surface area contributed by atoms with E-state index in [1.165, 1.54) is 31.9 Å². The maximum Gasteiger partial charge on any atom is 0.339 e. The summed E-state index contributed by atoms with van der Waals surface area (Å²) in [6.45, 7) is 2.00. The zero-order chi connectivity index (χ0) is 12.5. The maximum atomic E-state index is 11.3. The van der Waals surface area contributed by atoms with Crippen LogP contribution in [-0.4, -0.2) is 29.1 Å². The first-order valence-electron chi connectivity index (χ1n) is 6.66. The highest BCUT2D eigenvalue weighted by molar-refractivity contribution is 5.94. The molecule has 4 heteroatoms. The van der Waals surface area contributed by atoms with E-state index < -0.39 is 5.97 Å². The van der Waals surface area contributed by atoms with Gasteiger partial charge in [0, 0.05) is 25.5 Å². The van der Waals surface area contributed by atoms with Crippen LogP contribution in [0.15, 0.2) is 18.5 Å². The van der Waals surface area contributed by atoms with E-state index in [1.807, 2.05) is 6.07 Å². The van der Waals surface area contributed by atoms with E-state index in [9.17, 15) is 9.90 Å². The highest BCUT2D eigenvalue weighted by Gasteiger charge is 2.30. The second-order valence-electron chi connectivity index (χ2n) is 5.49. The van der Waals surface area contributed by atoms with Crippen molar-refractivity contribution in [3.05, 3.63) is 24.0 Å². The van der Waals surface area contributed by atoms with Crippen LogP contribution < -0.4 is 4.90 Å². The van der Waals surface area contributed by atoms with E-state index in [2.05, 4.69) is 9.88 Å². The summed E-state index contributed by atoms with van der Waals surface area (Å²) in [5.74, 6) is 0.645. The van der Waals surface area contributed by atoms with Gasteiger partial charge in [-0.15, -0.1) is 0 Å². The molecule has 2 fully saturated rings. The summed E-state index contributed by atoms with van der Waals surface area (Å²) >= 11 is 0. The molecule has 0 aliphatic heterocycles. The molecule has 2 aliphatic rings. The number of nitrogens with zero attached hydrogens (tertiary/aromatic N) is 2. The van der Waals surface area contributed by atoms with Crippen molar-refractivity contribution < 1.29 is 9.90 Å². The fourth-order valence-electron chi connectivity index (χ4n) is 2.32. The SMILES string of the molecule is O=C(O)c1cnccc1N(CC1CC1)CC1CC1. The minimum Gasteiger partial charge on any atom is -0.478 e. The van der Waals surface area contributed by atoms with E-state index in [1.54, 1.807) is 6.20 Å². The second-order valence-corrected chi connectivity index (χ2v) is 5.49. The Morgan fingerprint density at radius 1 is 1.28 bits per heavy atom. The molecule has 0 bridgehead atoms. The topological polar surface area (TPSA) is 53.4 Å². The Kier molecular flexibility index (Phi) is 2.94. The molecule has 1 N–H and O–H groups in total. The predicted molar refractivity (Wildman–Crippen MR) is 68.9 cm³/mol. The van der Waals surface area contributed by atoms with Gasteiger partial charge in [-0.2, -0.15) is 0 Å². The Morgan fingerprint density at radius 3 is 2.39 bits per heavy atom. The minimum atomic E-state index is -0.880. The molecular formula is C14H18N2O2. The van der Waals surface area contributed by atoms with Crippen molar-refractivity contribution in [2.75, 3.05) is 18.0 Å². The van der Waals surface area contributed by atoms with Crippen LogP contribution in [0.25, 0.3) is 0 Å². The first-order valence-corrected chi connectivity index (χ1v) is 6.66. The number of carboxylic acids is 1. The third-order valence-corrected chi connectivity index (χ3v) is 3.72. The van der Waals surface area contributed by atoms with Crippen LogP contribution in [0.4, 0.5) is 5.69 Å². The van der Waals surface area contributed by atoms with Crippen LogP contribution in [0, 0.1) is 11.8 Å². The molecule has 1 aromatic rings. The van der Waals surface area contributed by atoms with Crippen LogP contribution in [0.3, 0.4) is 0 Å². The number of rotatable bonds is 6. The molecule has 18 heavy (non-hydrogen) atoms. The van der Waals surface area contributed by atoms with E-state index in [-0.39, 0.29) is 0 Å². The summed E-state index contributed by atoms with van der Waals surface area (Å²) in [6, 6.07) is 1.84. The first kappa shape index (κ1) is 11.5. The lowest BCUT2D eigenvalue weighted by Crippen LogP contribution is -2.29. The predicted octanol–water partition coefficient (Wildman–Crippen LogP) is 2.41. The van der Waals surface area contributed by atoms with Crippen molar-refractivity contribution in [2.24, 2.45) is 11.8 Å². The highest BCUT2D eigenvalue weighted by Crippen LogP contribution is 2.36. The van der Waals surface area contributed by atoms with Crippen LogP contribution in [0.5, 0.6) is 0 Å². The van der Waals surface area contributed by atoms with Crippen LogP contribution in [0.2, 0.25) is 0 Å². The van der Waals surface area contributed by atoms with E-state index in [4.69, 9.17) is 0 Å². The molecule has 0 unspecified atom stereocenters. The first-order chi connectivity index (χ1) is 8.74. The third kappa shape index (κ3) is 2.63. The Bertz CT molecular complexity index is 439. The quantitative estimate of drug-likeness (QED) is 0.837. The molecule has 0 spiro atoms. The number of anilines is 1. The number of aromatic nitrogens is 1. The average Bonchev–Trinajstić information content (AvgIpc) is 3.23. The van der Waals surface area contributed by atoms with Crippen molar-refractivity contribution >= 4 is 11.7 Å². The van der Waals surface area contributed by atoms with Gasteiger partial charge in [0.2, 0.25) is 0 Å². The van der Waals surface area contributed by atoms with Gasteiger partial charge in [0.15, 0.2) is 0 Å². The van der Waals surface area contributed by atoms with Gasteiger partial charge < -0.3 is 10.0 Å². The summed E-state index contributed by atoms with van der Waals surface area (Å²) < 4.78 is 0. The fourth-order valence-corrected chi connectivity index (χ4v) is 2.32. The summed E-state index contributed by atoms with van der Waals surface area (Å²) in [7, 11) is 0. The Hall–Kier alpha value is -1.58. The number of carbonyl (C=O) groups is 1. The molecule has 0 atom stereocenters. The van der Waals surface area contributed by atoms with Crippen molar-refractivity contribution in [3.8, 4) is 0 Å². The minimum absolute atomic E-state index is 0.332. The largest absolute Gasteiger partial charge is 0.478 e. The van der Waals surface area contributed by atoms with E-state index in [0.29, 0.717) is 5.56 Å². The van der Waals surface area contributed by atoms with Crippen molar-refractivity contribution in [1.29, 1.82) is 0 Å². The van der Waals surface area contributed by atoms with E-state index in [0.717, 1.165) is 30.6 Å². The number of pyridine rings is 1. The normalized spacial score (nSPS) is 18.7. The molecule has 1 heterocycles. The van der Waals surface area contributed by atoms with Gasteiger partial charge in [-0.3, -0.25) is 4.98 Å². The van der Waals surface area contributed by atoms with Crippen LogP contribution in [-0.2, 0) is 0 Å². The van der Waals surface area contributed by atoms with Gasteiger partial charge in [-0.1, -0.05) is 0 Å². The standard InChI is InChI=1S/C14H18N2O2/c17-14(18)12-7-15-6-5-13(12)16(8-10-1-2-10)9-11-3-4-11/h5-7,10-11H,1-4,8-9H2,(H,17,18). The van der Waals surface area contributed by atoms with Crippen LogP contribution >= 0.6 is 0 Å². The third-order valence-electron chi connectivity index (χ3n) is 3.72. The number of aromatic carboxylic acids is 1. The van der Waals surface area contributed by atoms with Gasteiger partial charge in [-0.25, -0.2) is 4.79 Å². The van der Waals surface area contributed by atoms with E-state index >= 15 is 0 Å². The molecule has 96 valence electrons. The molecule has 2 saturated carbocycles. The zero-order valence-corrected chi connectivity index (χ0v) is 10.4. The smallest absolute Gasteiger partial charge is 0.339 e. The summed E-state index contributed by atoms with van der Waals surface area (Å²) in [6.07, 6.45) is 8.30. The van der Waals surface area contributed by atoms with Crippen LogP contribution in [0.1, 0.15) is 36.0 Å². The highest BCUT2D eigenvalue weighted by atomic mass is 16.4. The maximum absolute atomic E-state index is 11.3. The van der Waals surface area contributed by atoms with Gasteiger partial charge in [0.25, 0.3) is 0 Å². The van der Waals surface area contributed by atoms with Gasteiger partial charge in [0.1, 0.15) is 5.56 Å². The number of carboxylic acid groups (broad SMARTS) is 1. The lowest BCUT2D eigenvalue weighted by atomic mass is 10.2. The van der Waals surface area contributed by atoms with Gasteiger partial charge in [0.05, 0.1) is 5.69 Å². The Morgan fingerprint density at radius 2 is 1.89 bits per heavy atom. The summed E-state index contributed by atoms with van der Waals surface area (Å²) in [5.41, 5.74) is 1.18. The molecule has 0 radical (unpaired) electrons. The second kappa shape index (κ2) is 4.59. The molecule has 0 amide bonds. The van der Waals surface area contributed by atoms with Gasteiger partial charge in [-0.05, 0) is 43.6 Å². The summed E-state index contributed by atoms with van der Waals surface area (Å²) in [5, 5.41) is 9.25. The monoisotopic (exact) mass is 246 g/mol. The van der Waals surface area contributed by atoms with Crippen molar-refractivity contribution in [1.82, 2.24) is 4.98 Å². The average molecular weight is 246 g/mol. The van der Waals surface area contributed by atoms with Gasteiger partial charge >= 0.3 is 5.97 Å². The van der Waals surface area contributed by atoms with Crippen molar-refractivity contribution in [3.63, 3.8) is 0 Å². The molecule has 0 saturated heterocycles. The Balaban J connectivity index is 1.84. The lowest BCUT2D eigenvalue weighted by Gasteiger charge is -2.26.